The van der Waals surface area contributed by atoms with Crippen LogP contribution in [-0.2, 0) is 23.9 Å². The summed E-state index contributed by atoms with van der Waals surface area (Å²) >= 11 is 0. The van der Waals surface area contributed by atoms with Crippen molar-refractivity contribution >= 4 is 17.7 Å². The SMILES string of the molecule is CCC(=O)OCCCCCCCC1=CC(OC(=O)CC)CC1=O. The van der Waals surface area contributed by atoms with Gasteiger partial charge in [0, 0.05) is 12.8 Å². The van der Waals surface area contributed by atoms with Crippen LogP contribution in [0, 0.1) is 0 Å². The van der Waals surface area contributed by atoms with E-state index in [9.17, 15) is 14.4 Å². The van der Waals surface area contributed by atoms with Gasteiger partial charge in [-0.1, -0.05) is 33.1 Å². The van der Waals surface area contributed by atoms with E-state index in [2.05, 4.69) is 0 Å². The van der Waals surface area contributed by atoms with E-state index in [4.69, 9.17) is 9.47 Å². The summed E-state index contributed by atoms with van der Waals surface area (Å²) in [4.78, 5) is 34.0. The average molecular weight is 324 g/mol. The number of carbonyl (C=O) groups is 3. The van der Waals surface area contributed by atoms with Crippen molar-refractivity contribution in [3.05, 3.63) is 11.6 Å². The lowest BCUT2D eigenvalue weighted by molar-refractivity contribution is -0.147. The van der Waals surface area contributed by atoms with Gasteiger partial charge in [-0.15, -0.1) is 0 Å². The van der Waals surface area contributed by atoms with Crippen LogP contribution in [0.4, 0.5) is 0 Å². The highest BCUT2D eigenvalue weighted by atomic mass is 16.5. The molecular formula is C18H28O5. The topological polar surface area (TPSA) is 69.7 Å². The minimum absolute atomic E-state index is 0.102. The molecule has 1 atom stereocenters. The van der Waals surface area contributed by atoms with Crippen LogP contribution in [0.15, 0.2) is 11.6 Å². The number of ketones is 1. The summed E-state index contributed by atoms with van der Waals surface area (Å²) in [5.74, 6) is -0.301. The molecule has 0 aliphatic heterocycles. The van der Waals surface area contributed by atoms with Gasteiger partial charge in [0.1, 0.15) is 6.10 Å². The van der Waals surface area contributed by atoms with Crippen LogP contribution in [0.3, 0.4) is 0 Å². The van der Waals surface area contributed by atoms with Crippen molar-refractivity contribution in [3.63, 3.8) is 0 Å². The van der Waals surface area contributed by atoms with E-state index in [0.29, 0.717) is 25.9 Å². The van der Waals surface area contributed by atoms with Crippen LogP contribution < -0.4 is 0 Å². The van der Waals surface area contributed by atoms with Gasteiger partial charge in [-0.2, -0.15) is 0 Å². The maximum absolute atomic E-state index is 11.8. The molecule has 0 aromatic heterocycles. The number of rotatable bonds is 11. The molecule has 5 nitrogen and oxygen atoms in total. The number of esters is 2. The highest BCUT2D eigenvalue weighted by Crippen LogP contribution is 2.23. The fourth-order valence-corrected chi connectivity index (χ4v) is 2.48. The molecule has 23 heavy (non-hydrogen) atoms. The maximum Gasteiger partial charge on any atom is 0.306 e. The lowest BCUT2D eigenvalue weighted by atomic mass is 10.0. The predicted molar refractivity (Wildman–Crippen MR) is 86.8 cm³/mol. The van der Waals surface area contributed by atoms with Gasteiger partial charge in [-0.25, -0.2) is 0 Å². The van der Waals surface area contributed by atoms with E-state index < -0.39 is 0 Å². The van der Waals surface area contributed by atoms with Crippen LogP contribution in [-0.4, -0.2) is 30.4 Å². The lowest BCUT2D eigenvalue weighted by Crippen LogP contribution is -2.14. The third-order valence-corrected chi connectivity index (χ3v) is 3.85. The Labute approximate surface area is 138 Å². The lowest BCUT2D eigenvalue weighted by Gasteiger charge is -2.06. The largest absolute Gasteiger partial charge is 0.466 e. The summed E-state index contributed by atoms with van der Waals surface area (Å²) < 4.78 is 10.2. The van der Waals surface area contributed by atoms with Gasteiger partial charge in [-0.05, 0) is 30.9 Å². The van der Waals surface area contributed by atoms with Gasteiger partial charge >= 0.3 is 11.9 Å². The van der Waals surface area contributed by atoms with Gasteiger partial charge < -0.3 is 9.47 Å². The third-order valence-electron chi connectivity index (χ3n) is 3.85. The van der Waals surface area contributed by atoms with Crippen LogP contribution in [0.2, 0.25) is 0 Å². The summed E-state index contributed by atoms with van der Waals surface area (Å²) in [5, 5.41) is 0. The maximum atomic E-state index is 11.8. The normalized spacial score (nSPS) is 17.0. The first kappa shape index (κ1) is 19.4. The number of hydrogen-bond donors (Lipinski definition) is 0. The second-order valence-electron chi connectivity index (χ2n) is 5.79. The molecular weight excluding hydrogens is 296 g/mol. The van der Waals surface area contributed by atoms with Gasteiger partial charge in [-0.3, -0.25) is 14.4 Å². The highest BCUT2D eigenvalue weighted by Gasteiger charge is 2.25. The summed E-state index contributed by atoms with van der Waals surface area (Å²) in [7, 11) is 0. The van der Waals surface area contributed by atoms with Crippen molar-refractivity contribution in [1.29, 1.82) is 0 Å². The monoisotopic (exact) mass is 324 g/mol. The standard InChI is InChI=1S/C18H28O5/c1-3-17(20)22-11-9-7-5-6-8-10-14-12-15(13-16(14)19)23-18(21)4-2/h12,15H,3-11,13H2,1-2H3. The molecule has 0 aromatic rings. The summed E-state index contributed by atoms with van der Waals surface area (Å²) in [6.45, 7) is 4.03. The van der Waals surface area contributed by atoms with Gasteiger partial charge in [0.2, 0.25) is 0 Å². The van der Waals surface area contributed by atoms with Crippen LogP contribution in [0.25, 0.3) is 0 Å². The first-order valence-corrected chi connectivity index (χ1v) is 8.65. The predicted octanol–water partition coefficient (Wildman–Crippen LogP) is 3.50. The zero-order chi connectivity index (χ0) is 17.1. The van der Waals surface area contributed by atoms with Crippen molar-refractivity contribution in [1.82, 2.24) is 0 Å². The van der Waals surface area contributed by atoms with Crippen molar-refractivity contribution in [3.8, 4) is 0 Å². The zero-order valence-electron chi connectivity index (χ0n) is 14.3. The number of ether oxygens (including phenoxy) is 2. The Hall–Kier alpha value is -1.65. The molecule has 0 amide bonds. The highest BCUT2D eigenvalue weighted by molar-refractivity contribution is 5.98. The third kappa shape index (κ3) is 7.95. The van der Waals surface area contributed by atoms with Gasteiger partial charge in [0.25, 0.3) is 0 Å². The second-order valence-corrected chi connectivity index (χ2v) is 5.79. The number of carbonyl (C=O) groups excluding carboxylic acids is 3. The minimum Gasteiger partial charge on any atom is -0.466 e. The Kier molecular flexibility index (Phi) is 9.25. The molecule has 0 fully saturated rings. The number of allylic oxidation sites excluding steroid dienone is 1. The summed E-state index contributed by atoms with van der Waals surface area (Å²) in [6, 6.07) is 0. The van der Waals surface area contributed by atoms with Crippen LogP contribution >= 0.6 is 0 Å². The molecule has 0 radical (unpaired) electrons. The molecule has 0 bridgehead atoms. The molecule has 5 heteroatoms. The molecule has 0 aromatic carbocycles. The molecule has 130 valence electrons. The average Bonchev–Trinajstić information content (AvgIpc) is 2.88. The van der Waals surface area contributed by atoms with E-state index >= 15 is 0 Å². The Balaban J connectivity index is 2.09. The molecule has 0 saturated heterocycles. The molecule has 0 N–H and O–H groups in total. The molecule has 1 rings (SSSR count). The summed E-state index contributed by atoms with van der Waals surface area (Å²) in [6.07, 6.45) is 8.25. The fraction of sp³-hybridized carbons (Fsp3) is 0.722. The number of Topliss-reactive ketones (excluding diaryl/α,β-unsaturated/α-hetero) is 1. The zero-order valence-corrected chi connectivity index (χ0v) is 14.3. The van der Waals surface area contributed by atoms with E-state index in [1.54, 1.807) is 19.9 Å². The van der Waals surface area contributed by atoms with Crippen LogP contribution in [0.1, 0.15) is 71.6 Å². The van der Waals surface area contributed by atoms with Crippen molar-refractivity contribution in [2.75, 3.05) is 6.61 Å². The first-order valence-electron chi connectivity index (χ1n) is 8.65. The van der Waals surface area contributed by atoms with E-state index in [1.807, 2.05) is 0 Å². The van der Waals surface area contributed by atoms with Crippen molar-refractivity contribution in [2.45, 2.75) is 77.7 Å². The number of hydrogen-bond acceptors (Lipinski definition) is 5. The van der Waals surface area contributed by atoms with E-state index in [0.717, 1.165) is 44.1 Å². The first-order chi connectivity index (χ1) is 11.1. The molecule has 1 aliphatic rings. The molecule has 0 heterocycles. The Morgan fingerprint density at radius 1 is 1.04 bits per heavy atom. The Morgan fingerprint density at radius 2 is 1.70 bits per heavy atom. The smallest absolute Gasteiger partial charge is 0.306 e. The Morgan fingerprint density at radius 3 is 2.39 bits per heavy atom. The molecule has 1 aliphatic carbocycles. The van der Waals surface area contributed by atoms with E-state index in [-0.39, 0.29) is 23.8 Å². The van der Waals surface area contributed by atoms with Crippen molar-refractivity contribution < 1.29 is 23.9 Å². The molecule has 0 spiro atoms. The second kappa shape index (κ2) is 11.0. The molecule has 1 unspecified atom stereocenters. The summed E-state index contributed by atoms with van der Waals surface area (Å²) in [5.41, 5.74) is 0.802. The van der Waals surface area contributed by atoms with Gasteiger partial charge in [0.05, 0.1) is 13.0 Å². The minimum atomic E-state index is -0.363. The number of unbranched alkanes of at least 4 members (excludes halogenated alkanes) is 4. The Bertz CT molecular complexity index is 439. The van der Waals surface area contributed by atoms with Crippen LogP contribution in [0.5, 0.6) is 0 Å². The van der Waals surface area contributed by atoms with E-state index in [1.165, 1.54) is 0 Å². The fourth-order valence-electron chi connectivity index (χ4n) is 2.48. The van der Waals surface area contributed by atoms with Gasteiger partial charge in [0.15, 0.2) is 5.78 Å². The quantitative estimate of drug-likeness (QED) is 0.430. The molecule has 0 saturated carbocycles. The van der Waals surface area contributed by atoms with Crippen molar-refractivity contribution in [2.24, 2.45) is 0 Å².